The molecule has 84 valence electrons. The lowest BCUT2D eigenvalue weighted by Gasteiger charge is -2.12. The van der Waals surface area contributed by atoms with E-state index in [1.54, 1.807) is 0 Å². The Balaban J connectivity index is 2.43. The predicted molar refractivity (Wildman–Crippen MR) is 70.6 cm³/mol. The number of fused-ring (bicyclic) bond motifs is 2. The van der Waals surface area contributed by atoms with Crippen LogP contribution in [-0.4, -0.2) is 13.3 Å². The summed E-state index contributed by atoms with van der Waals surface area (Å²) in [6.07, 6.45) is 4.36. The molecule has 3 heteroatoms. The van der Waals surface area contributed by atoms with Crippen LogP contribution in [0.4, 0.5) is 0 Å². The normalized spacial score (nSPS) is 13.8. The minimum absolute atomic E-state index is 0.480. The van der Waals surface area contributed by atoms with Gasteiger partial charge in [-0.3, -0.25) is 0 Å². The summed E-state index contributed by atoms with van der Waals surface area (Å²) in [5, 5.41) is 2.21. The Hall–Kier alpha value is -1.87. The Morgan fingerprint density at radius 2 is 1.71 bits per heavy atom. The standard InChI is InChI=1S/C14H10O2S/c15-17(16)14-7-3-6-12-8-10-4-1-2-5-11(10)9-13(12)14/h1-6,8-9H,7H2. The highest BCUT2D eigenvalue weighted by molar-refractivity contribution is 7.73. The molecule has 0 spiro atoms. The average Bonchev–Trinajstić information content (AvgIpc) is 2.35. The van der Waals surface area contributed by atoms with Crippen LogP contribution >= 0.6 is 0 Å². The first-order valence-electron chi connectivity index (χ1n) is 5.40. The summed E-state index contributed by atoms with van der Waals surface area (Å²) in [6.45, 7) is 0. The molecule has 0 unspecified atom stereocenters. The minimum Gasteiger partial charge on any atom is -0.184 e. The van der Waals surface area contributed by atoms with Gasteiger partial charge in [-0.05, 0) is 28.5 Å². The molecular formula is C14H10O2S. The second-order valence-electron chi connectivity index (χ2n) is 4.05. The molecular weight excluding hydrogens is 232 g/mol. The van der Waals surface area contributed by atoms with Gasteiger partial charge in [-0.2, -0.15) is 8.42 Å². The third-order valence-corrected chi connectivity index (χ3v) is 3.81. The van der Waals surface area contributed by atoms with Crippen molar-refractivity contribution in [1.29, 1.82) is 0 Å². The van der Waals surface area contributed by atoms with Crippen LogP contribution in [0, 0.1) is 0 Å². The van der Waals surface area contributed by atoms with Crippen molar-refractivity contribution in [2.75, 3.05) is 0 Å². The molecule has 1 aliphatic rings. The second-order valence-corrected chi connectivity index (χ2v) is 5.01. The van der Waals surface area contributed by atoms with E-state index in [1.807, 2.05) is 48.6 Å². The van der Waals surface area contributed by atoms with Gasteiger partial charge >= 0.3 is 0 Å². The van der Waals surface area contributed by atoms with Crippen LogP contribution in [0.25, 0.3) is 16.8 Å². The zero-order valence-electron chi connectivity index (χ0n) is 9.05. The van der Waals surface area contributed by atoms with Gasteiger partial charge in [-0.1, -0.05) is 36.4 Å². The predicted octanol–water partition coefficient (Wildman–Crippen LogP) is 2.66. The lowest BCUT2D eigenvalue weighted by atomic mass is 9.94. The van der Waals surface area contributed by atoms with Gasteiger partial charge in [0.05, 0.1) is 4.86 Å². The highest BCUT2D eigenvalue weighted by Gasteiger charge is 2.13. The molecule has 0 fully saturated rings. The molecule has 0 saturated carbocycles. The maximum absolute atomic E-state index is 11.2. The van der Waals surface area contributed by atoms with Crippen LogP contribution in [0.1, 0.15) is 17.5 Å². The quantitative estimate of drug-likeness (QED) is 0.665. The second kappa shape index (κ2) is 3.86. The fraction of sp³-hybridized carbons (Fsp3) is 0.0714. The zero-order chi connectivity index (χ0) is 11.8. The Labute approximate surface area is 101 Å². The number of allylic oxidation sites excluding steroid dienone is 1. The van der Waals surface area contributed by atoms with Crippen molar-refractivity contribution >= 4 is 32.0 Å². The SMILES string of the molecule is O=S(=O)=C1CC=Cc2cc3ccccc3cc21. The van der Waals surface area contributed by atoms with Crippen molar-refractivity contribution in [3.05, 3.63) is 53.6 Å². The van der Waals surface area contributed by atoms with Crippen LogP contribution in [0.2, 0.25) is 0 Å². The highest BCUT2D eigenvalue weighted by Crippen LogP contribution is 2.25. The monoisotopic (exact) mass is 242 g/mol. The molecule has 0 amide bonds. The molecule has 17 heavy (non-hydrogen) atoms. The van der Waals surface area contributed by atoms with E-state index in [9.17, 15) is 8.42 Å². The van der Waals surface area contributed by atoms with Gasteiger partial charge in [0.1, 0.15) is 0 Å². The first-order chi connectivity index (χ1) is 8.25. The first-order valence-corrected chi connectivity index (χ1v) is 6.48. The van der Waals surface area contributed by atoms with Crippen molar-refractivity contribution in [2.45, 2.75) is 6.42 Å². The smallest absolute Gasteiger partial charge is 0.184 e. The molecule has 3 rings (SSSR count). The van der Waals surface area contributed by atoms with Crippen LogP contribution < -0.4 is 0 Å². The van der Waals surface area contributed by atoms with E-state index in [-0.39, 0.29) is 0 Å². The molecule has 0 bridgehead atoms. The molecule has 0 N–H and O–H groups in total. The lowest BCUT2D eigenvalue weighted by molar-refractivity contribution is 0.627. The molecule has 2 nitrogen and oxygen atoms in total. The van der Waals surface area contributed by atoms with E-state index < -0.39 is 10.3 Å². The average molecular weight is 242 g/mol. The fourth-order valence-electron chi connectivity index (χ4n) is 2.20. The molecule has 0 aliphatic heterocycles. The van der Waals surface area contributed by atoms with Gasteiger partial charge in [-0.25, -0.2) is 0 Å². The summed E-state index contributed by atoms with van der Waals surface area (Å²) in [5.41, 5.74) is 1.81. The Kier molecular flexibility index (Phi) is 2.34. The van der Waals surface area contributed by atoms with Crippen LogP contribution in [0.3, 0.4) is 0 Å². The molecule has 0 aromatic heterocycles. The van der Waals surface area contributed by atoms with Crippen molar-refractivity contribution in [3.63, 3.8) is 0 Å². The molecule has 2 aromatic rings. The summed E-state index contributed by atoms with van der Waals surface area (Å²) in [6, 6.07) is 12.0. The van der Waals surface area contributed by atoms with E-state index in [4.69, 9.17) is 0 Å². The number of benzene rings is 2. The maximum atomic E-state index is 11.2. The third-order valence-electron chi connectivity index (χ3n) is 3.02. The van der Waals surface area contributed by atoms with Gasteiger partial charge in [0, 0.05) is 12.0 Å². The largest absolute Gasteiger partial charge is 0.218 e. The van der Waals surface area contributed by atoms with E-state index >= 15 is 0 Å². The van der Waals surface area contributed by atoms with Gasteiger partial charge < -0.3 is 0 Å². The molecule has 1 aliphatic carbocycles. The summed E-state index contributed by atoms with van der Waals surface area (Å²) in [5.74, 6) is 0. The van der Waals surface area contributed by atoms with Crippen molar-refractivity contribution < 1.29 is 8.42 Å². The Morgan fingerprint density at radius 1 is 1.00 bits per heavy atom. The first kappa shape index (κ1) is 10.3. The summed E-state index contributed by atoms with van der Waals surface area (Å²) < 4.78 is 22.4. The maximum Gasteiger partial charge on any atom is 0.218 e. The van der Waals surface area contributed by atoms with E-state index in [0.29, 0.717) is 11.3 Å². The molecule has 2 aromatic carbocycles. The topological polar surface area (TPSA) is 34.1 Å². The van der Waals surface area contributed by atoms with E-state index in [0.717, 1.165) is 21.9 Å². The van der Waals surface area contributed by atoms with Crippen LogP contribution in [0.5, 0.6) is 0 Å². The molecule has 0 saturated heterocycles. The van der Waals surface area contributed by atoms with E-state index in [2.05, 4.69) is 0 Å². The summed E-state index contributed by atoms with van der Waals surface area (Å²) in [7, 11) is -2.14. The summed E-state index contributed by atoms with van der Waals surface area (Å²) in [4.78, 5) is 0.480. The number of hydrogen-bond acceptors (Lipinski definition) is 2. The van der Waals surface area contributed by atoms with Gasteiger partial charge in [0.15, 0.2) is 0 Å². The van der Waals surface area contributed by atoms with Gasteiger partial charge in [-0.15, -0.1) is 0 Å². The van der Waals surface area contributed by atoms with Crippen molar-refractivity contribution in [1.82, 2.24) is 0 Å². The van der Waals surface area contributed by atoms with E-state index in [1.165, 1.54) is 0 Å². The Bertz CT molecular complexity index is 760. The number of rotatable bonds is 0. The Morgan fingerprint density at radius 3 is 2.41 bits per heavy atom. The van der Waals surface area contributed by atoms with Crippen molar-refractivity contribution in [2.24, 2.45) is 0 Å². The third kappa shape index (κ3) is 1.68. The molecule has 0 heterocycles. The van der Waals surface area contributed by atoms with Crippen LogP contribution in [-0.2, 0) is 10.3 Å². The molecule has 0 atom stereocenters. The van der Waals surface area contributed by atoms with Gasteiger partial charge in [0.2, 0.25) is 10.3 Å². The highest BCUT2D eigenvalue weighted by atomic mass is 32.2. The number of hydrogen-bond donors (Lipinski definition) is 0. The minimum atomic E-state index is -2.14. The van der Waals surface area contributed by atoms with Crippen LogP contribution in [0.15, 0.2) is 42.5 Å². The molecule has 0 radical (unpaired) electrons. The summed E-state index contributed by atoms with van der Waals surface area (Å²) >= 11 is 0. The lowest BCUT2D eigenvalue weighted by Crippen LogP contribution is -2.06. The zero-order valence-corrected chi connectivity index (χ0v) is 9.87. The fourth-order valence-corrected chi connectivity index (χ4v) is 2.79. The van der Waals surface area contributed by atoms with Crippen molar-refractivity contribution in [3.8, 4) is 0 Å². The van der Waals surface area contributed by atoms with Gasteiger partial charge in [0.25, 0.3) is 0 Å².